The van der Waals surface area contributed by atoms with Crippen molar-refractivity contribution in [2.75, 3.05) is 18.5 Å². The van der Waals surface area contributed by atoms with Crippen LogP contribution in [0.25, 0.3) is 11.3 Å². The van der Waals surface area contributed by atoms with Gasteiger partial charge in [0.1, 0.15) is 17.9 Å². The van der Waals surface area contributed by atoms with Crippen LogP contribution < -0.4 is 10.1 Å². The zero-order chi connectivity index (χ0) is 18.6. The lowest BCUT2D eigenvalue weighted by molar-refractivity contribution is 0.283. The fraction of sp³-hybridized carbons (Fsp3) is 0.333. The summed E-state index contributed by atoms with van der Waals surface area (Å²) in [5, 5.41) is 3.42. The molecule has 0 aliphatic carbocycles. The number of ether oxygens (including phenoxy) is 1. The van der Waals surface area contributed by atoms with Gasteiger partial charge in [-0.2, -0.15) is 0 Å². The molecule has 1 unspecified atom stereocenters. The zero-order valence-corrected chi connectivity index (χ0v) is 15.6. The summed E-state index contributed by atoms with van der Waals surface area (Å²) in [5.41, 5.74) is 5.18. The molecule has 27 heavy (non-hydrogen) atoms. The molecule has 4 rings (SSSR count). The molecule has 6 heteroatoms. The summed E-state index contributed by atoms with van der Waals surface area (Å²) in [4.78, 5) is 17.4. The van der Waals surface area contributed by atoms with E-state index in [0.29, 0.717) is 0 Å². The molecule has 1 atom stereocenters. The van der Waals surface area contributed by atoms with E-state index in [9.17, 15) is 0 Å². The second-order valence-corrected chi connectivity index (χ2v) is 6.93. The van der Waals surface area contributed by atoms with E-state index >= 15 is 0 Å². The van der Waals surface area contributed by atoms with E-state index in [0.717, 1.165) is 60.1 Å². The van der Waals surface area contributed by atoms with Gasteiger partial charge in [0.2, 0.25) is 0 Å². The molecule has 0 saturated heterocycles. The van der Waals surface area contributed by atoms with Crippen molar-refractivity contribution in [3.05, 3.63) is 59.9 Å². The number of hydrogen-bond donors (Lipinski definition) is 1. The number of nitrogens with zero attached hydrogens (tertiary/aromatic N) is 4. The predicted molar refractivity (Wildman–Crippen MR) is 105 cm³/mol. The second kappa shape index (κ2) is 7.70. The maximum Gasteiger partial charge on any atom is 0.129 e. The first-order chi connectivity index (χ1) is 13.2. The molecule has 0 aromatic carbocycles. The number of aromatic nitrogens is 4. The van der Waals surface area contributed by atoms with Crippen LogP contribution in [-0.2, 0) is 6.42 Å². The van der Waals surface area contributed by atoms with Gasteiger partial charge in [0.15, 0.2) is 0 Å². The van der Waals surface area contributed by atoms with Crippen molar-refractivity contribution >= 4 is 5.82 Å². The van der Waals surface area contributed by atoms with Gasteiger partial charge in [-0.3, -0.25) is 9.97 Å². The van der Waals surface area contributed by atoms with E-state index < -0.39 is 0 Å². The Morgan fingerprint density at radius 2 is 2.07 bits per heavy atom. The number of pyridine rings is 2. The van der Waals surface area contributed by atoms with Gasteiger partial charge in [-0.1, -0.05) is 6.92 Å². The minimum Gasteiger partial charge on any atom is -0.493 e. The summed E-state index contributed by atoms with van der Waals surface area (Å²) in [7, 11) is 0. The highest BCUT2D eigenvalue weighted by atomic mass is 16.5. The Bertz CT molecular complexity index is 926. The Morgan fingerprint density at radius 1 is 1.15 bits per heavy atom. The van der Waals surface area contributed by atoms with E-state index in [2.05, 4.69) is 32.2 Å². The quantitative estimate of drug-likeness (QED) is 0.745. The maximum absolute atomic E-state index is 5.91. The Morgan fingerprint density at radius 3 is 2.93 bits per heavy atom. The summed E-state index contributed by atoms with van der Waals surface area (Å²) in [6, 6.07) is 5.96. The van der Waals surface area contributed by atoms with Crippen LogP contribution in [0, 0.1) is 6.92 Å². The minimum atomic E-state index is 0.255. The fourth-order valence-electron chi connectivity index (χ4n) is 3.25. The van der Waals surface area contributed by atoms with Crippen molar-refractivity contribution in [2.45, 2.75) is 32.6 Å². The average molecular weight is 361 g/mol. The number of aryl methyl sites for hydroxylation is 2. The molecule has 1 aliphatic rings. The smallest absolute Gasteiger partial charge is 0.129 e. The number of anilines is 1. The van der Waals surface area contributed by atoms with Gasteiger partial charge in [0.05, 0.1) is 12.3 Å². The van der Waals surface area contributed by atoms with Gasteiger partial charge < -0.3 is 10.1 Å². The summed E-state index contributed by atoms with van der Waals surface area (Å²) in [6.07, 6.45) is 9.35. The van der Waals surface area contributed by atoms with E-state index in [1.165, 1.54) is 5.56 Å². The predicted octanol–water partition coefficient (Wildman–Crippen LogP) is 3.78. The highest BCUT2D eigenvalue weighted by molar-refractivity contribution is 5.61. The monoisotopic (exact) mass is 361 g/mol. The van der Waals surface area contributed by atoms with Crippen LogP contribution in [0.4, 0.5) is 5.82 Å². The van der Waals surface area contributed by atoms with Crippen LogP contribution in [0.5, 0.6) is 5.75 Å². The average Bonchev–Trinajstić information content (AvgIpc) is 2.72. The van der Waals surface area contributed by atoms with Gasteiger partial charge in [-0.15, -0.1) is 0 Å². The Balaban J connectivity index is 1.48. The molecule has 0 amide bonds. The van der Waals surface area contributed by atoms with Crippen LogP contribution in [0.1, 0.15) is 36.1 Å². The lowest BCUT2D eigenvalue weighted by atomic mass is 9.97. The third kappa shape index (κ3) is 3.89. The lowest BCUT2D eigenvalue weighted by Crippen LogP contribution is -2.16. The summed E-state index contributed by atoms with van der Waals surface area (Å²) in [5.74, 6) is 2.07. The molecular weight excluding hydrogens is 338 g/mol. The SMILES string of the molecule is Cc1ccc(-c2cc(NCC(C)c3cncc4c3OCCC4)ncn2)cn1. The minimum absolute atomic E-state index is 0.255. The van der Waals surface area contributed by atoms with Gasteiger partial charge in [-0.25, -0.2) is 9.97 Å². The fourth-order valence-corrected chi connectivity index (χ4v) is 3.25. The summed E-state index contributed by atoms with van der Waals surface area (Å²) < 4.78 is 5.91. The normalized spacial score (nSPS) is 14.1. The molecule has 4 heterocycles. The maximum atomic E-state index is 5.91. The van der Waals surface area contributed by atoms with Crippen LogP contribution in [0.15, 0.2) is 43.1 Å². The first kappa shape index (κ1) is 17.4. The third-order valence-corrected chi connectivity index (χ3v) is 4.83. The first-order valence-corrected chi connectivity index (χ1v) is 9.29. The van der Waals surface area contributed by atoms with Crippen molar-refractivity contribution in [2.24, 2.45) is 0 Å². The second-order valence-electron chi connectivity index (χ2n) is 6.93. The van der Waals surface area contributed by atoms with E-state index in [1.54, 1.807) is 6.33 Å². The van der Waals surface area contributed by atoms with Gasteiger partial charge in [-0.05, 0) is 31.9 Å². The largest absolute Gasteiger partial charge is 0.493 e. The molecule has 3 aromatic rings. The summed E-state index contributed by atoms with van der Waals surface area (Å²) in [6.45, 7) is 5.67. The van der Waals surface area contributed by atoms with E-state index in [4.69, 9.17) is 4.74 Å². The zero-order valence-electron chi connectivity index (χ0n) is 15.6. The molecule has 1 aliphatic heterocycles. The van der Waals surface area contributed by atoms with Crippen LogP contribution >= 0.6 is 0 Å². The molecule has 0 saturated carbocycles. The number of rotatable bonds is 5. The molecule has 6 nitrogen and oxygen atoms in total. The van der Waals surface area contributed by atoms with Crippen molar-refractivity contribution in [1.82, 2.24) is 19.9 Å². The number of fused-ring (bicyclic) bond motifs is 1. The standard InChI is InChI=1S/C21H23N5O/c1-14(18-12-22-10-17-4-3-7-27-21(17)18)9-24-20-8-19(25-13-26-20)16-6-5-15(2)23-11-16/h5-6,8,10-14H,3-4,7,9H2,1-2H3,(H,24,25,26). The first-order valence-electron chi connectivity index (χ1n) is 9.29. The van der Waals surface area contributed by atoms with Crippen LogP contribution in [0.3, 0.4) is 0 Å². The van der Waals surface area contributed by atoms with E-state index in [-0.39, 0.29) is 5.92 Å². The molecule has 0 bridgehead atoms. The van der Waals surface area contributed by atoms with Gasteiger partial charge >= 0.3 is 0 Å². The van der Waals surface area contributed by atoms with E-state index in [1.807, 2.05) is 43.7 Å². The molecule has 0 radical (unpaired) electrons. The molecule has 3 aromatic heterocycles. The molecule has 0 fully saturated rings. The van der Waals surface area contributed by atoms with Crippen LogP contribution in [0.2, 0.25) is 0 Å². The topological polar surface area (TPSA) is 72.8 Å². The Labute approximate surface area is 159 Å². The van der Waals surface area contributed by atoms with Crippen molar-refractivity contribution in [3.63, 3.8) is 0 Å². The van der Waals surface area contributed by atoms with Gasteiger partial charge in [0.25, 0.3) is 0 Å². The highest BCUT2D eigenvalue weighted by Gasteiger charge is 2.19. The highest BCUT2D eigenvalue weighted by Crippen LogP contribution is 2.33. The molecule has 138 valence electrons. The van der Waals surface area contributed by atoms with Crippen LogP contribution in [-0.4, -0.2) is 33.1 Å². The Hall–Kier alpha value is -3.02. The summed E-state index contributed by atoms with van der Waals surface area (Å²) >= 11 is 0. The van der Waals surface area contributed by atoms with Gasteiger partial charge in [0, 0.05) is 59.5 Å². The third-order valence-electron chi connectivity index (χ3n) is 4.83. The van der Waals surface area contributed by atoms with Crippen molar-refractivity contribution in [3.8, 4) is 17.0 Å². The molecular formula is C21H23N5O. The van der Waals surface area contributed by atoms with Crippen molar-refractivity contribution < 1.29 is 4.74 Å². The number of hydrogen-bond acceptors (Lipinski definition) is 6. The number of nitrogens with one attached hydrogen (secondary N) is 1. The molecule has 0 spiro atoms. The van der Waals surface area contributed by atoms with Crippen molar-refractivity contribution in [1.29, 1.82) is 0 Å². The lowest BCUT2D eigenvalue weighted by Gasteiger charge is -2.23. The molecule has 1 N–H and O–H groups in total. The Kier molecular flexibility index (Phi) is 4.96.